The number of likely N-dealkylation sites (N-methyl/N-ethyl adjacent to an activating group) is 1. The maximum Gasteiger partial charge on any atom is 0.142 e. The van der Waals surface area contributed by atoms with Gasteiger partial charge in [-0.2, -0.15) is 0 Å². The molecular formula is C11H15N3O. The topological polar surface area (TPSA) is 62.3 Å². The van der Waals surface area contributed by atoms with Crippen LogP contribution in [-0.2, 0) is 6.42 Å². The summed E-state index contributed by atoms with van der Waals surface area (Å²) < 4.78 is 5.53. The summed E-state index contributed by atoms with van der Waals surface area (Å²) in [7, 11) is 2.04. The number of anilines is 1. The summed E-state index contributed by atoms with van der Waals surface area (Å²) in [6.07, 6.45) is 0.501. The molecule has 80 valence electrons. The van der Waals surface area contributed by atoms with Crippen LogP contribution in [0.2, 0.25) is 0 Å². The number of rotatable bonds is 2. The summed E-state index contributed by atoms with van der Waals surface area (Å²) >= 11 is 0. The highest BCUT2D eigenvalue weighted by Gasteiger charge is 2.14. The summed E-state index contributed by atoms with van der Waals surface area (Å²) in [6, 6.07) is 5.94. The molecule has 1 aliphatic rings. The zero-order valence-corrected chi connectivity index (χ0v) is 8.79. The Labute approximate surface area is 89.1 Å². The van der Waals surface area contributed by atoms with Crippen LogP contribution in [0.3, 0.4) is 0 Å². The van der Waals surface area contributed by atoms with E-state index in [1.807, 2.05) is 25.2 Å². The molecule has 4 heteroatoms. The first-order chi connectivity index (χ1) is 7.16. The Morgan fingerprint density at radius 2 is 2.40 bits per heavy atom. The van der Waals surface area contributed by atoms with Gasteiger partial charge in [0.05, 0.1) is 18.1 Å². The van der Waals surface area contributed by atoms with Gasteiger partial charge in [-0.3, -0.25) is 5.41 Å². The van der Waals surface area contributed by atoms with Crippen molar-refractivity contribution in [2.75, 3.05) is 25.1 Å². The highest BCUT2D eigenvalue weighted by Crippen LogP contribution is 2.31. The lowest BCUT2D eigenvalue weighted by Gasteiger charge is -2.28. The summed E-state index contributed by atoms with van der Waals surface area (Å²) in [5.74, 6) is 1.10. The van der Waals surface area contributed by atoms with Gasteiger partial charge in [0.1, 0.15) is 12.4 Å². The van der Waals surface area contributed by atoms with Gasteiger partial charge in [-0.15, -0.1) is 0 Å². The Hall–Kier alpha value is -1.71. The normalized spacial score (nSPS) is 14.3. The van der Waals surface area contributed by atoms with Crippen LogP contribution in [0.5, 0.6) is 5.75 Å². The minimum Gasteiger partial charge on any atom is -0.490 e. The lowest BCUT2D eigenvalue weighted by atomic mass is 10.1. The van der Waals surface area contributed by atoms with Crippen LogP contribution in [0, 0.1) is 5.41 Å². The molecule has 1 heterocycles. The first-order valence-electron chi connectivity index (χ1n) is 4.96. The molecule has 0 aliphatic carbocycles. The van der Waals surface area contributed by atoms with E-state index in [4.69, 9.17) is 15.9 Å². The molecule has 0 bridgehead atoms. The van der Waals surface area contributed by atoms with E-state index in [9.17, 15) is 0 Å². The molecule has 15 heavy (non-hydrogen) atoms. The molecule has 4 nitrogen and oxygen atoms in total. The Bertz CT molecular complexity index is 389. The van der Waals surface area contributed by atoms with Gasteiger partial charge >= 0.3 is 0 Å². The van der Waals surface area contributed by atoms with E-state index in [0.29, 0.717) is 6.42 Å². The minimum absolute atomic E-state index is 0.189. The number of nitrogens with zero attached hydrogens (tertiary/aromatic N) is 1. The third-order valence-corrected chi connectivity index (χ3v) is 2.51. The van der Waals surface area contributed by atoms with E-state index < -0.39 is 0 Å². The van der Waals surface area contributed by atoms with Crippen molar-refractivity contribution in [2.24, 2.45) is 5.73 Å². The predicted octanol–water partition coefficient (Wildman–Crippen LogP) is 0.994. The van der Waals surface area contributed by atoms with E-state index >= 15 is 0 Å². The van der Waals surface area contributed by atoms with Gasteiger partial charge in [-0.25, -0.2) is 0 Å². The number of nitrogens with one attached hydrogen (secondary N) is 1. The Morgan fingerprint density at radius 1 is 1.60 bits per heavy atom. The fourth-order valence-corrected chi connectivity index (χ4v) is 1.73. The molecule has 0 unspecified atom stereocenters. The number of amidine groups is 1. The van der Waals surface area contributed by atoms with Crippen LogP contribution in [-0.4, -0.2) is 26.0 Å². The second-order valence-electron chi connectivity index (χ2n) is 3.77. The summed E-state index contributed by atoms with van der Waals surface area (Å²) in [6.45, 7) is 1.63. The number of hydrogen-bond donors (Lipinski definition) is 2. The molecule has 0 saturated heterocycles. The molecule has 0 radical (unpaired) electrons. The number of fused-ring (bicyclic) bond motifs is 1. The zero-order chi connectivity index (χ0) is 10.8. The van der Waals surface area contributed by atoms with Gasteiger partial charge in [0.15, 0.2) is 0 Å². The second-order valence-corrected chi connectivity index (χ2v) is 3.77. The number of ether oxygens (including phenoxy) is 1. The van der Waals surface area contributed by atoms with E-state index in [-0.39, 0.29) is 5.84 Å². The summed E-state index contributed by atoms with van der Waals surface area (Å²) in [5, 5.41) is 7.26. The van der Waals surface area contributed by atoms with E-state index in [2.05, 4.69) is 4.90 Å². The van der Waals surface area contributed by atoms with Crippen LogP contribution < -0.4 is 15.4 Å². The van der Waals surface area contributed by atoms with Gasteiger partial charge in [-0.1, -0.05) is 6.07 Å². The first-order valence-corrected chi connectivity index (χ1v) is 4.96. The monoisotopic (exact) mass is 205 g/mol. The van der Waals surface area contributed by atoms with Gasteiger partial charge in [0.2, 0.25) is 0 Å². The van der Waals surface area contributed by atoms with Crippen LogP contribution in [0.1, 0.15) is 5.56 Å². The third kappa shape index (κ3) is 2.03. The molecule has 0 spiro atoms. The molecule has 0 amide bonds. The highest BCUT2D eigenvalue weighted by atomic mass is 16.5. The van der Waals surface area contributed by atoms with E-state index in [1.165, 1.54) is 0 Å². The van der Waals surface area contributed by atoms with Crippen molar-refractivity contribution < 1.29 is 4.74 Å². The van der Waals surface area contributed by atoms with Gasteiger partial charge in [0, 0.05) is 13.5 Å². The lowest BCUT2D eigenvalue weighted by molar-refractivity contribution is 0.311. The first kappa shape index (κ1) is 9.83. The van der Waals surface area contributed by atoms with E-state index in [0.717, 1.165) is 30.2 Å². The van der Waals surface area contributed by atoms with Crippen LogP contribution in [0.4, 0.5) is 5.69 Å². The van der Waals surface area contributed by atoms with Crippen molar-refractivity contribution in [3.8, 4) is 5.75 Å². The number of hydrogen-bond acceptors (Lipinski definition) is 3. The molecule has 1 aliphatic heterocycles. The van der Waals surface area contributed by atoms with Crippen molar-refractivity contribution in [2.45, 2.75) is 6.42 Å². The highest BCUT2D eigenvalue weighted by molar-refractivity contribution is 5.80. The Balaban J connectivity index is 2.31. The lowest BCUT2D eigenvalue weighted by Crippen LogP contribution is -2.29. The smallest absolute Gasteiger partial charge is 0.142 e. The summed E-state index contributed by atoms with van der Waals surface area (Å²) in [4.78, 5) is 2.16. The molecule has 1 aromatic rings. The average Bonchev–Trinajstić information content (AvgIpc) is 2.18. The SMILES string of the molecule is CN1CCOc2ccc(CC(=N)N)cc21. The number of benzene rings is 1. The third-order valence-electron chi connectivity index (χ3n) is 2.51. The van der Waals surface area contributed by atoms with Gasteiger partial charge in [0.25, 0.3) is 0 Å². The Kier molecular flexibility index (Phi) is 2.49. The standard InChI is InChI=1S/C11H15N3O/c1-14-4-5-15-10-3-2-8(6-9(10)14)7-11(12)13/h2-3,6H,4-5,7H2,1H3,(H3,12,13). The quantitative estimate of drug-likeness (QED) is 0.559. The zero-order valence-electron chi connectivity index (χ0n) is 8.79. The average molecular weight is 205 g/mol. The fourth-order valence-electron chi connectivity index (χ4n) is 1.73. The molecular weight excluding hydrogens is 190 g/mol. The molecule has 0 saturated carbocycles. The molecule has 3 N–H and O–H groups in total. The second kappa shape index (κ2) is 3.81. The molecule has 1 aromatic carbocycles. The van der Waals surface area contributed by atoms with Crippen LogP contribution in [0.15, 0.2) is 18.2 Å². The predicted molar refractivity (Wildman–Crippen MR) is 60.8 cm³/mol. The van der Waals surface area contributed by atoms with Crippen molar-refractivity contribution in [3.05, 3.63) is 23.8 Å². The van der Waals surface area contributed by atoms with Gasteiger partial charge in [-0.05, 0) is 17.7 Å². The van der Waals surface area contributed by atoms with Crippen LogP contribution in [0.25, 0.3) is 0 Å². The molecule has 0 fully saturated rings. The fraction of sp³-hybridized carbons (Fsp3) is 0.364. The molecule has 0 aromatic heterocycles. The van der Waals surface area contributed by atoms with Crippen molar-refractivity contribution in [1.82, 2.24) is 0 Å². The molecule has 0 atom stereocenters. The van der Waals surface area contributed by atoms with Gasteiger partial charge < -0.3 is 15.4 Å². The Morgan fingerprint density at radius 3 is 3.13 bits per heavy atom. The number of nitrogens with two attached hydrogens (primary N) is 1. The minimum atomic E-state index is 0.189. The van der Waals surface area contributed by atoms with Crippen molar-refractivity contribution in [1.29, 1.82) is 5.41 Å². The van der Waals surface area contributed by atoms with Crippen molar-refractivity contribution in [3.63, 3.8) is 0 Å². The van der Waals surface area contributed by atoms with Crippen molar-refractivity contribution >= 4 is 11.5 Å². The maximum atomic E-state index is 7.26. The maximum absolute atomic E-state index is 7.26. The molecule has 2 rings (SSSR count). The largest absolute Gasteiger partial charge is 0.490 e. The van der Waals surface area contributed by atoms with Crippen LogP contribution >= 0.6 is 0 Å². The van der Waals surface area contributed by atoms with E-state index in [1.54, 1.807) is 0 Å². The summed E-state index contributed by atoms with van der Waals surface area (Å²) in [5.41, 5.74) is 7.51.